The van der Waals surface area contributed by atoms with Crippen molar-refractivity contribution in [3.8, 4) is 0 Å². The second-order valence-corrected chi connectivity index (χ2v) is 18.8. The minimum atomic E-state index is -5.59. The average Bonchev–Trinajstić information content (AvgIpc) is 3.67. The lowest BCUT2D eigenvalue weighted by atomic mass is 9.87. The van der Waals surface area contributed by atoms with Crippen molar-refractivity contribution in [1.29, 1.82) is 0 Å². The molecule has 1 saturated heterocycles. The molecule has 3 rings (SSSR count). The molecule has 59 heavy (non-hydrogen) atoms. The fraction of sp³-hybridized carbons (Fsp3) is 0.679. The lowest BCUT2D eigenvalue weighted by Gasteiger charge is -2.30. The van der Waals surface area contributed by atoms with Crippen LogP contribution in [0.3, 0.4) is 0 Å². The molecule has 0 bridgehead atoms. The molecule has 0 radical (unpaired) electrons. The number of aliphatic hydroxyl groups excluding tert-OH is 3. The van der Waals surface area contributed by atoms with Gasteiger partial charge in [-0.15, -0.1) is 0 Å². The number of fused-ring (bicyclic) bond motifs is 1. The highest BCUT2D eigenvalue weighted by atomic mass is 32.2. The molecule has 0 spiro atoms. The van der Waals surface area contributed by atoms with E-state index in [1.54, 1.807) is 0 Å². The van der Waals surface area contributed by atoms with Crippen molar-refractivity contribution in [3.63, 3.8) is 0 Å². The molecule has 8 atom stereocenters. The van der Waals surface area contributed by atoms with Crippen molar-refractivity contribution in [2.24, 2.45) is 5.41 Å². The van der Waals surface area contributed by atoms with E-state index in [2.05, 4.69) is 39.7 Å². The zero-order valence-corrected chi connectivity index (χ0v) is 35.1. The summed E-state index contributed by atoms with van der Waals surface area (Å²) in [5, 5.41) is 38.3. The number of ether oxygens (including phenoxy) is 1. The molecule has 31 heteroatoms. The van der Waals surface area contributed by atoms with E-state index < -0.39 is 90.7 Å². The lowest BCUT2D eigenvalue weighted by Crippen LogP contribution is -2.46. The molecule has 0 aliphatic carbocycles. The number of carbonyl (C=O) groups is 4. The number of phosphoric ester groups is 3. The summed E-state index contributed by atoms with van der Waals surface area (Å²) in [5.41, 5.74) is 4.20. The van der Waals surface area contributed by atoms with E-state index in [-0.39, 0.29) is 72.7 Å². The Hall–Kier alpha value is -3.01. The van der Waals surface area contributed by atoms with Gasteiger partial charge < -0.3 is 61.3 Å². The van der Waals surface area contributed by atoms with Gasteiger partial charge in [-0.05, 0) is 6.42 Å². The summed E-state index contributed by atoms with van der Waals surface area (Å²) in [6.07, 6.45) is -7.96. The third-order valence-electron chi connectivity index (χ3n) is 8.02. The Labute approximate surface area is 339 Å². The average molecular weight is 925 g/mol. The van der Waals surface area contributed by atoms with Crippen molar-refractivity contribution in [2.45, 2.75) is 76.8 Å². The summed E-state index contributed by atoms with van der Waals surface area (Å²) in [7, 11) is -16.5. The summed E-state index contributed by atoms with van der Waals surface area (Å²) < 4.78 is 62.1. The monoisotopic (exact) mass is 924 g/mol. The zero-order valence-electron chi connectivity index (χ0n) is 31.6. The minimum absolute atomic E-state index is 0.0199. The number of hydrogen-bond donors (Lipinski definition) is 11. The van der Waals surface area contributed by atoms with Crippen LogP contribution < -0.4 is 21.7 Å². The number of nitrogens with zero attached hydrogens (tertiary/aromatic N) is 4. The van der Waals surface area contributed by atoms with Gasteiger partial charge in [0.2, 0.25) is 17.7 Å². The summed E-state index contributed by atoms with van der Waals surface area (Å²) in [4.78, 5) is 98.5. The Morgan fingerprint density at radius 3 is 2.34 bits per heavy atom. The number of nitrogens with two attached hydrogens (primary N) is 1. The Balaban J connectivity index is 1.44. The van der Waals surface area contributed by atoms with Crippen molar-refractivity contribution in [2.75, 3.05) is 44.3 Å². The number of rotatable bonds is 24. The number of aromatic nitrogens is 4. The molecule has 334 valence electrons. The number of imidazole rings is 1. The van der Waals surface area contributed by atoms with Crippen molar-refractivity contribution in [1.82, 2.24) is 35.5 Å². The summed E-state index contributed by atoms with van der Waals surface area (Å²) in [6.45, 7) is 1.78. The predicted molar refractivity (Wildman–Crippen MR) is 201 cm³/mol. The van der Waals surface area contributed by atoms with E-state index in [1.807, 2.05) is 0 Å². The van der Waals surface area contributed by atoms with E-state index >= 15 is 0 Å². The molecule has 0 saturated carbocycles. The number of nitrogen functional groups attached to an aromatic ring is 1. The first kappa shape index (κ1) is 50.3. The number of amides is 3. The van der Waals surface area contributed by atoms with E-state index in [0.29, 0.717) is 0 Å². The molecule has 3 unspecified atom stereocenters. The second-order valence-electron chi connectivity index (χ2n) is 13.4. The molecule has 1 aliphatic heterocycles. The highest BCUT2D eigenvalue weighted by molar-refractivity contribution is 8.13. The Kier molecular flexibility index (Phi) is 18.5. The van der Waals surface area contributed by atoms with Crippen molar-refractivity contribution in [3.05, 3.63) is 12.7 Å². The smallest absolute Gasteiger partial charge is 0.393 e. The number of aliphatic hydroxyl groups is 3. The maximum absolute atomic E-state index is 12.7. The number of hydrogen-bond acceptors (Lipinski definition) is 20. The van der Waals surface area contributed by atoms with Crippen LogP contribution in [-0.2, 0) is 55.5 Å². The van der Waals surface area contributed by atoms with E-state index in [9.17, 15) is 67.8 Å². The first-order valence-corrected chi connectivity index (χ1v) is 22.8. The summed E-state index contributed by atoms with van der Waals surface area (Å²) in [6, 6.07) is 0. The fourth-order valence-electron chi connectivity index (χ4n) is 5.06. The van der Waals surface area contributed by atoms with Gasteiger partial charge in [-0.2, -0.15) is 4.31 Å². The molecule has 2 aromatic heterocycles. The predicted octanol–water partition coefficient (Wildman–Crippen LogP) is -2.06. The first-order chi connectivity index (χ1) is 27.3. The van der Waals surface area contributed by atoms with E-state index in [1.165, 1.54) is 20.8 Å². The Bertz CT molecular complexity index is 1940. The Morgan fingerprint density at radius 2 is 1.68 bits per heavy atom. The standard InChI is InChI=1S/C28H47N8O19P3S/c1-15(37)30-6-4-16(38)10-19(40)59-9-8-31-18(39)5-7-32-26(43)23(42)28(2,3)12-52-58(49,50)55-57(47,48)51-11-17-22(54-56(44,45)46)21(41)27(53-17)36-14-35-20-24(29)33-13-34-25(20)36/h13-14,16-17,21-23,27,38,41-42H,4-12H2,1-3H3,(H,30,37)(H,31,39)(H,32,43)(H,47,48)(H,49,50)(H2,29,33,34)(H2,44,45,46)/t16?,17-,21-,22-,23+,27-/m1/s1. The van der Waals surface area contributed by atoms with E-state index in [0.717, 1.165) is 29.0 Å². The molecular formula is C28H47N8O19P3S. The van der Waals surface area contributed by atoms with Gasteiger partial charge in [0.15, 0.2) is 22.8 Å². The van der Waals surface area contributed by atoms with Crippen LogP contribution in [-0.4, -0.2) is 146 Å². The van der Waals surface area contributed by atoms with Crippen LogP contribution in [0.2, 0.25) is 0 Å². The van der Waals surface area contributed by atoms with Gasteiger partial charge in [0.1, 0.15) is 36.3 Å². The van der Waals surface area contributed by atoms with Crippen LogP contribution in [0.1, 0.15) is 46.3 Å². The van der Waals surface area contributed by atoms with Crippen LogP contribution in [0, 0.1) is 5.41 Å². The van der Waals surface area contributed by atoms with Gasteiger partial charge in [0.25, 0.3) is 0 Å². The number of thioether (sulfide) groups is 1. The SMILES string of the molecule is CC(=O)NCCC(O)CC(=O)SCCNC(=O)CCNC(=O)[C@H](O)C(C)(C)COP(=O)(O)OP(=O)(O)OC[C@H]1O[C@@H](n2cnc3c(N)ncnc32)[C@H](O)[C@@H]1OP(=O)(O)O. The fourth-order valence-corrected chi connectivity index (χ4v) is 8.63. The number of carbonyl (C=O) groups excluding carboxylic acids is 4. The van der Waals surface area contributed by atoms with Crippen LogP contribution in [0.5, 0.6) is 0 Å². The third-order valence-corrected chi connectivity index (χ3v) is 12.0. The summed E-state index contributed by atoms with van der Waals surface area (Å²) in [5.74, 6) is -1.63. The van der Waals surface area contributed by atoms with Crippen molar-refractivity contribution < 1.29 is 90.4 Å². The molecule has 1 fully saturated rings. The zero-order chi connectivity index (χ0) is 44.3. The number of nitrogens with one attached hydrogen (secondary N) is 3. The minimum Gasteiger partial charge on any atom is -0.393 e. The highest BCUT2D eigenvalue weighted by Crippen LogP contribution is 2.61. The van der Waals surface area contributed by atoms with Crippen molar-refractivity contribution >= 4 is 75.0 Å². The van der Waals surface area contributed by atoms with Crippen LogP contribution >= 0.6 is 35.2 Å². The molecule has 0 aromatic carbocycles. The lowest BCUT2D eigenvalue weighted by molar-refractivity contribution is -0.137. The molecule has 3 heterocycles. The van der Waals surface area contributed by atoms with Gasteiger partial charge in [0, 0.05) is 50.6 Å². The molecule has 1 aliphatic rings. The topological polar surface area (TPSA) is 413 Å². The van der Waals surface area contributed by atoms with Gasteiger partial charge >= 0.3 is 23.5 Å². The van der Waals surface area contributed by atoms with Crippen LogP contribution in [0.25, 0.3) is 11.2 Å². The maximum Gasteiger partial charge on any atom is 0.481 e. The highest BCUT2D eigenvalue weighted by Gasteiger charge is 2.50. The number of phosphoric acid groups is 3. The molecule has 27 nitrogen and oxygen atoms in total. The largest absolute Gasteiger partial charge is 0.481 e. The van der Waals surface area contributed by atoms with Gasteiger partial charge in [-0.25, -0.2) is 28.6 Å². The quantitative estimate of drug-likeness (QED) is 0.0398. The third kappa shape index (κ3) is 16.4. The normalized spacial score (nSPS) is 21.6. The molecular weight excluding hydrogens is 877 g/mol. The van der Waals surface area contributed by atoms with Gasteiger partial charge in [-0.1, -0.05) is 25.6 Å². The second kappa shape index (κ2) is 21.7. The molecule has 12 N–H and O–H groups in total. The van der Waals surface area contributed by atoms with Gasteiger partial charge in [-0.3, -0.25) is 37.3 Å². The summed E-state index contributed by atoms with van der Waals surface area (Å²) >= 11 is 0.891. The maximum atomic E-state index is 12.7. The first-order valence-electron chi connectivity index (χ1n) is 17.3. The molecule has 2 aromatic rings. The van der Waals surface area contributed by atoms with Crippen LogP contribution in [0.4, 0.5) is 5.82 Å². The number of anilines is 1. The molecule has 3 amide bonds. The Morgan fingerprint density at radius 1 is 1.00 bits per heavy atom. The van der Waals surface area contributed by atoms with Gasteiger partial charge in [0.05, 0.1) is 25.6 Å². The van der Waals surface area contributed by atoms with E-state index in [4.69, 9.17) is 19.5 Å². The van der Waals surface area contributed by atoms with Crippen LogP contribution in [0.15, 0.2) is 12.7 Å².